The second kappa shape index (κ2) is 3.87. The molecule has 0 unspecified atom stereocenters. The van der Waals surface area contributed by atoms with Gasteiger partial charge in [0.15, 0.2) is 6.61 Å². The summed E-state index contributed by atoms with van der Waals surface area (Å²) >= 11 is 0. The van der Waals surface area contributed by atoms with E-state index in [0.717, 1.165) is 17.0 Å². The van der Waals surface area contributed by atoms with Crippen molar-refractivity contribution in [1.82, 2.24) is 9.78 Å². The number of nitrogens with zero attached hydrogens (tertiary/aromatic N) is 2. The van der Waals surface area contributed by atoms with E-state index < -0.39 is 0 Å². The molecule has 1 aromatic carbocycles. The lowest BCUT2D eigenvalue weighted by molar-refractivity contribution is -0.118. The molecule has 2 aromatic rings. The van der Waals surface area contributed by atoms with Crippen LogP contribution in [0.1, 0.15) is 5.69 Å². The minimum Gasteiger partial charge on any atom is -0.482 e. The van der Waals surface area contributed by atoms with Gasteiger partial charge in [0.2, 0.25) is 0 Å². The summed E-state index contributed by atoms with van der Waals surface area (Å²) < 4.78 is 7.15. The van der Waals surface area contributed by atoms with Crippen LogP contribution < -0.4 is 10.1 Å². The number of anilines is 1. The predicted octanol–water partition coefficient (Wildman–Crippen LogP) is 1.73. The molecule has 5 heteroatoms. The SMILES string of the molecule is Cc1cc(-c2ccc3c(c2)NC(=O)CO3)n(C)n1. The quantitative estimate of drug-likeness (QED) is 0.829. The number of carbonyl (C=O) groups is 1. The van der Waals surface area contributed by atoms with Crippen molar-refractivity contribution in [1.29, 1.82) is 0 Å². The first-order valence-electron chi connectivity index (χ1n) is 5.71. The van der Waals surface area contributed by atoms with Gasteiger partial charge in [0, 0.05) is 12.6 Å². The highest BCUT2D eigenvalue weighted by atomic mass is 16.5. The number of ether oxygens (including phenoxy) is 1. The van der Waals surface area contributed by atoms with Crippen molar-refractivity contribution in [3.05, 3.63) is 30.0 Å². The fraction of sp³-hybridized carbons (Fsp3) is 0.231. The summed E-state index contributed by atoms with van der Waals surface area (Å²) in [4.78, 5) is 11.3. The van der Waals surface area contributed by atoms with Gasteiger partial charge in [-0.3, -0.25) is 9.48 Å². The fourth-order valence-electron chi connectivity index (χ4n) is 2.12. The molecule has 0 aliphatic carbocycles. The Bertz CT molecular complexity index is 631. The lowest BCUT2D eigenvalue weighted by atomic mass is 10.1. The fourth-order valence-corrected chi connectivity index (χ4v) is 2.12. The topological polar surface area (TPSA) is 56.1 Å². The van der Waals surface area contributed by atoms with Crippen molar-refractivity contribution >= 4 is 11.6 Å². The number of hydrogen-bond acceptors (Lipinski definition) is 3. The first kappa shape index (κ1) is 10.8. The largest absolute Gasteiger partial charge is 0.482 e. The third-order valence-corrected chi connectivity index (χ3v) is 2.91. The van der Waals surface area contributed by atoms with E-state index in [4.69, 9.17) is 4.74 Å². The van der Waals surface area contributed by atoms with E-state index >= 15 is 0 Å². The van der Waals surface area contributed by atoms with Crippen molar-refractivity contribution in [3.63, 3.8) is 0 Å². The Morgan fingerprint density at radius 1 is 1.39 bits per heavy atom. The van der Waals surface area contributed by atoms with Gasteiger partial charge in [0.1, 0.15) is 5.75 Å². The van der Waals surface area contributed by atoms with Crippen LogP contribution >= 0.6 is 0 Å². The highest BCUT2D eigenvalue weighted by molar-refractivity contribution is 5.96. The lowest BCUT2D eigenvalue weighted by Gasteiger charge is -2.18. The molecule has 1 aliphatic rings. The summed E-state index contributed by atoms with van der Waals surface area (Å²) in [5, 5.41) is 7.12. The molecular weight excluding hydrogens is 230 g/mol. The minimum absolute atomic E-state index is 0.0805. The maximum Gasteiger partial charge on any atom is 0.262 e. The summed E-state index contributed by atoms with van der Waals surface area (Å²) in [6.07, 6.45) is 0. The molecule has 1 aromatic heterocycles. The van der Waals surface area contributed by atoms with E-state index in [0.29, 0.717) is 11.4 Å². The zero-order valence-electron chi connectivity index (χ0n) is 10.2. The van der Waals surface area contributed by atoms with Crippen molar-refractivity contribution in [2.24, 2.45) is 7.05 Å². The molecule has 0 bridgehead atoms. The van der Waals surface area contributed by atoms with Gasteiger partial charge >= 0.3 is 0 Å². The molecule has 3 rings (SSSR count). The van der Waals surface area contributed by atoms with Crippen LogP contribution in [0.25, 0.3) is 11.3 Å². The molecule has 1 aliphatic heterocycles. The Kier molecular flexibility index (Phi) is 2.33. The van der Waals surface area contributed by atoms with Crippen LogP contribution in [0.2, 0.25) is 0 Å². The number of rotatable bonds is 1. The molecule has 2 heterocycles. The van der Waals surface area contributed by atoms with Crippen LogP contribution in [-0.4, -0.2) is 22.3 Å². The molecule has 0 fully saturated rings. The van der Waals surface area contributed by atoms with Gasteiger partial charge in [-0.2, -0.15) is 5.10 Å². The Balaban J connectivity index is 2.07. The molecule has 0 atom stereocenters. The van der Waals surface area contributed by atoms with Gasteiger partial charge in [-0.25, -0.2) is 0 Å². The monoisotopic (exact) mass is 243 g/mol. The van der Waals surface area contributed by atoms with Crippen LogP contribution in [0.4, 0.5) is 5.69 Å². The van der Waals surface area contributed by atoms with Crippen molar-refractivity contribution in [2.75, 3.05) is 11.9 Å². The van der Waals surface area contributed by atoms with Gasteiger partial charge in [-0.15, -0.1) is 0 Å². The van der Waals surface area contributed by atoms with Crippen LogP contribution in [0, 0.1) is 6.92 Å². The molecule has 1 amide bonds. The van der Waals surface area contributed by atoms with E-state index in [1.807, 2.05) is 42.9 Å². The maximum atomic E-state index is 11.3. The van der Waals surface area contributed by atoms with Gasteiger partial charge < -0.3 is 10.1 Å². The summed E-state index contributed by atoms with van der Waals surface area (Å²) in [7, 11) is 1.90. The van der Waals surface area contributed by atoms with E-state index in [1.54, 1.807) is 0 Å². The first-order chi connectivity index (χ1) is 8.63. The van der Waals surface area contributed by atoms with Crippen molar-refractivity contribution in [3.8, 4) is 17.0 Å². The van der Waals surface area contributed by atoms with Gasteiger partial charge in [-0.05, 0) is 31.2 Å². The number of fused-ring (bicyclic) bond motifs is 1. The van der Waals surface area contributed by atoms with Crippen LogP contribution in [0.5, 0.6) is 5.75 Å². The summed E-state index contributed by atoms with van der Waals surface area (Å²) in [5.74, 6) is 0.582. The average molecular weight is 243 g/mol. The molecule has 1 N–H and O–H groups in total. The van der Waals surface area contributed by atoms with Crippen LogP contribution in [-0.2, 0) is 11.8 Å². The second-order valence-electron chi connectivity index (χ2n) is 4.34. The number of carbonyl (C=O) groups excluding carboxylic acids is 1. The van der Waals surface area contributed by atoms with E-state index in [2.05, 4.69) is 10.4 Å². The predicted molar refractivity (Wildman–Crippen MR) is 67.5 cm³/mol. The third-order valence-electron chi connectivity index (χ3n) is 2.91. The molecule has 0 spiro atoms. The van der Waals surface area contributed by atoms with Gasteiger partial charge in [-0.1, -0.05) is 0 Å². The molecular formula is C13H13N3O2. The Labute approximate surface area is 104 Å². The molecule has 0 saturated heterocycles. The van der Waals surface area contributed by atoms with E-state index in [-0.39, 0.29) is 12.5 Å². The van der Waals surface area contributed by atoms with Crippen LogP contribution in [0.3, 0.4) is 0 Å². The standard InChI is InChI=1S/C13H13N3O2/c1-8-5-11(16(2)15-8)9-3-4-12-10(6-9)14-13(17)7-18-12/h3-6H,7H2,1-2H3,(H,14,17). The molecule has 18 heavy (non-hydrogen) atoms. The maximum absolute atomic E-state index is 11.3. The highest BCUT2D eigenvalue weighted by Gasteiger charge is 2.17. The number of aromatic nitrogens is 2. The zero-order chi connectivity index (χ0) is 12.7. The summed E-state index contributed by atoms with van der Waals surface area (Å²) in [6.45, 7) is 2.03. The molecule has 92 valence electrons. The lowest BCUT2D eigenvalue weighted by Crippen LogP contribution is -2.25. The number of hydrogen-bond donors (Lipinski definition) is 1. The second-order valence-corrected chi connectivity index (χ2v) is 4.34. The van der Waals surface area contributed by atoms with Crippen LogP contribution in [0.15, 0.2) is 24.3 Å². The zero-order valence-corrected chi connectivity index (χ0v) is 10.2. The summed E-state index contributed by atoms with van der Waals surface area (Å²) in [5.41, 5.74) is 3.69. The normalized spacial score (nSPS) is 13.8. The Morgan fingerprint density at radius 3 is 2.94 bits per heavy atom. The minimum atomic E-state index is -0.124. The molecule has 5 nitrogen and oxygen atoms in total. The first-order valence-corrected chi connectivity index (χ1v) is 5.71. The number of nitrogens with one attached hydrogen (secondary N) is 1. The average Bonchev–Trinajstić information content (AvgIpc) is 2.67. The van der Waals surface area contributed by atoms with Crippen molar-refractivity contribution < 1.29 is 9.53 Å². The Hall–Kier alpha value is -2.30. The molecule has 0 radical (unpaired) electrons. The smallest absolute Gasteiger partial charge is 0.262 e. The highest BCUT2D eigenvalue weighted by Crippen LogP contribution is 2.32. The number of amides is 1. The van der Waals surface area contributed by atoms with Gasteiger partial charge in [0.25, 0.3) is 5.91 Å². The molecule has 0 saturated carbocycles. The Morgan fingerprint density at radius 2 is 2.22 bits per heavy atom. The number of aryl methyl sites for hydroxylation is 2. The third kappa shape index (κ3) is 1.73. The number of benzene rings is 1. The van der Waals surface area contributed by atoms with E-state index in [1.165, 1.54) is 0 Å². The summed E-state index contributed by atoms with van der Waals surface area (Å²) in [6, 6.07) is 7.75. The van der Waals surface area contributed by atoms with Gasteiger partial charge in [0.05, 0.1) is 17.1 Å². The van der Waals surface area contributed by atoms with Crippen molar-refractivity contribution in [2.45, 2.75) is 6.92 Å². The van der Waals surface area contributed by atoms with E-state index in [9.17, 15) is 4.79 Å².